The Hall–Kier alpha value is -1.06. The van der Waals surface area contributed by atoms with Gasteiger partial charge in [-0.15, -0.1) is 0 Å². The van der Waals surface area contributed by atoms with Crippen LogP contribution in [-0.4, -0.2) is 23.0 Å². The Balaban J connectivity index is 2.43. The van der Waals surface area contributed by atoms with Gasteiger partial charge in [-0.25, -0.2) is 0 Å². The topological polar surface area (TPSA) is 66.4 Å². The molecular formula is C14H25NO3. The molecule has 1 aliphatic rings. The van der Waals surface area contributed by atoms with Gasteiger partial charge in [0.1, 0.15) is 6.04 Å². The van der Waals surface area contributed by atoms with Crippen molar-refractivity contribution in [3.05, 3.63) is 0 Å². The van der Waals surface area contributed by atoms with E-state index in [0.717, 1.165) is 25.7 Å². The predicted molar refractivity (Wildman–Crippen MR) is 70.1 cm³/mol. The fraction of sp³-hybridized carbons (Fsp3) is 0.857. The van der Waals surface area contributed by atoms with Gasteiger partial charge in [-0.1, -0.05) is 20.8 Å². The molecular weight excluding hydrogens is 230 g/mol. The first-order valence-corrected chi connectivity index (χ1v) is 6.75. The van der Waals surface area contributed by atoms with Crippen molar-refractivity contribution in [3.63, 3.8) is 0 Å². The van der Waals surface area contributed by atoms with Crippen LogP contribution in [0, 0.1) is 17.3 Å². The second-order valence-corrected chi connectivity index (χ2v) is 6.48. The molecule has 0 heterocycles. The summed E-state index contributed by atoms with van der Waals surface area (Å²) >= 11 is 0. The summed E-state index contributed by atoms with van der Waals surface area (Å²) in [6.45, 7) is 8.22. The lowest BCUT2D eigenvalue weighted by atomic mass is 9.69. The van der Waals surface area contributed by atoms with Crippen LogP contribution >= 0.6 is 0 Å². The lowest BCUT2D eigenvalue weighted by Gasteiger charge is -2.36. The molecule has 0 aromatic carbocycles. The van der Waals surface area contributed by atoms with E-state index in [2.05, 4.69) is 26.1 Å². The van der Waals surface area contributed by atoms with Crippen LogP contribution in [0.2, 0.25) is 0 Å². The van der Waals surface area contributed by atoms with E-state index < -0.39 is 12.0 Å². The SMILES string of the molecule is C[C@H](NC(=O)C1CCC(C(C)(C)C)CC1)C(=O)O. The van der Waals surface area contributed by atoms with Gasteiger partial charge < -0.3 is 10.4 Å². The van der Waals surface area contributed by atoms with Gasteiger partial charge in [-0.2, -0.15) is 0 Å². The Morgan fingerprint density at radius 3 is 2.06 bits per heavy atom. The maximum absolute atomic E-state index is 11.9. The van der Waals surface area contributed by atoms with Gasteiger partial charge in [-0.05, 0) is 43.9 Å². The Kier molecular flexibility index (Phi) is 4.77. The molecule has 4 nitrogen and oxygen atoms in total. The number of nitrogens with one attached hydrogen (secondary N) is 1. The van der Waals surface area contributed by atoms with Crippen molar-refractivity contribution in [1.82, 2.24) is 5.32 Å². The molecule has 0 saturated heterocycles. The number of carboxylic acid groups (broad SMARTS) is 1. The molecule has 104 valence electrons. The highest BCUT2D eigenvalue weighted by Gasteiger charge is 2.32. The molecule has 1 aliphatic carbocycles. The van der Waals surface area contributed by atoms with Crippen LogP contribution in [0.15, 0.2) is 0 Å². The number of hydrogen-bond acceptors (Lipinski definition) is 2. The summed E-state index contributed by atoms with van der Waals surface area (Å²) in [7, 11) is 0. The monoisotopic (exact) mass is 255 g/mol. The summed E-state index contributed by atoms with van der Waals surface area (Å²) in [5, 5.41) is 11.3. The molecule has 0 unspecified atom stereocenters. The number of aliphatic carboxylic acids is 1. The van der Waals surface area contributed by atoms with Crippen LogP contribution in [-0.2, 0) is 9.59 Å². The minimum Gasteiger partial charge on any atom is -0.480 e. The highest BCUT2D eigenvalue weighted by molar-refractivity contribution is 5.84. The molecule has 0 radical (unpaired) electrons. The Labute approximate surface area is 109 Å². The summed E-state index contributed by atoms with van der Waals surface area (Å²) < 4.78 is 0. The second kappa shape index (κ2) is 5.72. The number of amides is 1. The van der Waals surface area contributed by atoms with Gasteiger partial charge in [-0.3, -0.25) is 9.59 Å². The molecule has 0 aromatic rings. The van der Waals surface area contributed by atoms with Crippen LogP contribution in [0.4, 0.5) is 0 Å². The predicted octanol–water partition coefficient (Wildman–Crippen LogP) is 2.43. The zero-order chi connectivity index (χ0) is 13.9. The van der Waals surface area contributed by atoms with Crippen LogP contribution < -0.4 is 5.32 Å². The largest absolute Gasteiger partial charge is 0.480 e. The fourth-order valence-corrected chi connectivity index (χ4v) is 2.61. The Morgan fingerprint density at radius 1 is 1.17 bits per heavy atom. The van der Waals surface area contributed by atoms with E-state index in [4.69, 9.17) is 5.11 Å². The molecule has 2 N–H and O–H groups in total. The van der Waals surface area contributed by atoms with E-state index >= 15 is 0 Å². The number of carbonyl (C=O) groups excluding carboxylic acids is 1. The molecule has 1 saturated carbocycles. The summed E-state index contributed by atoms with van der Waals surface area (Å²) in [4.78, 5) is 22.6. The van der Waals surface area contributed by atoms with E-state index in [1.165, 1.54) is 6.92 Å². The first-order chi connectivity index (χ1) is 8.21. The van der Waals surface area contributed by atoms with Crippen molar-refractivity contribution in [2.45, 2.75) is 59.4 Å². The third-order valence-corrected chi connectivity index (χ3v) is 4.05. The van der Waals surface area contributed by atoms with Crippen molar-refractivity contribution in [3.8, 4) is 0 Å². The number of carboxylic acids is 1. The molecule has 1 rings (SSSR count). The second-order valence-electron chi connectivity index (χ2n) is 6.48. The average Bonchev–Trinajstić information content (AvgIpc) is 2.27. The van der Waals surface area contributed by atoms with Crippen molar-refractivity contribution in [2.75, 3.05) is 0 Å². The van der Waals surface area contributed by atoms with E-state index in [1.54, 1.807) is 0 Å². The van der Waals surface area contributed by atoms with Crippen molar-refractivity contribution in [1.29, 1.82) is 0 Å². The molecule has 1 fully saturated rings. The van der Waals surface area contributed by atoms with E-state index in [1.807, 2.05) is 0 Å². The van der Waals surface area contributed by atoms with Gasteiger partial charge in [0.15, 0.2) is 0 Å². The van der Waals surface area contributed by atoms with E-state index in [0.29, 0.717) is 11.3 Å². The maximum Gasteiger partial charge on any atom is 0.325 e. The average molecular weight is 255 g/mol. The molecule has 0 spiro atoms. The van der Waals surface area contributed by atoms with Crippen LogP contribution in [0.25, 0.3) is 0 Å². The van der Waals surface area contributed by atoms with Crippen molar-refractivity contribution < 1.29 is 14.7 Å². The number of hydrogen-bond donors (Lipinski definition) is 2. The summed E-state index contributed by atoms with van der Waals surface area (Å²) in [6, 6.07) is -0.794. The molecule has 4 heteroatoms. The number of carbonyl (C=O) groups is 2. The highest BCUT2D eigenvalue weighted by atomic mass is 16.4. The molecule has 0 aromatic heterocycles. The summed E-state index contributed by atoms with van der Waals surface area (Å²) in [6.07, 6.45) is 3.87. The van der Waals surface area contributed by atoms with Crippen LogP contribution in [0.3, 0.4) is 0 Å². The highest BCUT2D eigenvalue weighted by Crippen LogP contribution is 2.39. The normalized spacial score (nSPS) is 26.4. The quantitative estimate of drug-likeness (QED) is 0.814. The van der Waals surface area contributed by atoms with Gasteiger partial charge in [0.05, 0.1) is 0 Å². The van der Waals surface area contributed by atoms with E-state index in [-0.39, 0.29) is 11.8 Å². The van der Waals surface area contributed by atoms with Gasteiger partial charge in [0.25, 0.3) is 0 Å². The van der Waals surface area contributed by atoms with Crippen molar-refractivity contribution in [2.24, 2.45) is 17.3 Å². The Morgan fingerprint density at radius 2 is 1.67 bits per heavy atom. The van der Waals surface area contributed by atoms with Crippen molar-refractivity contribution >= 4 is 11.9 Å². The maximum atomic E-state index is 11.9. The summed E-state index contributed by atoms with van der Waals surface area (Å²) in [5.41, 5.74) is 0.301. The first-order valence-electron chi connectivity index (χ1n) is 6.75. The van der Waals surface area contributed by atoms with Crippen LogP contribution in [0.1, 0.15) is 53.4 Å². The third-order valence-electron chi connectivity index (χ3n) is 4.05. The molecule has 0 bridgehead atoms. The molecule has 18 heavy (non-hydrogen) atoms. The molecule has 1 amide bonds. The van der Waals surface area contributed by atoms with Crippen LogP contribution in [0.5, 0.6) is 0 Å². The minimum atomic E-state index is -0.980. The smallest absolute Gasteiger partial charge is 0.325 e. The zero-order valence-corrected chi connectivity index (χ0v) is 11.8. The standard InChI is InChI=1S/C14H25NO3/c1-9(13(17)18)15-12(16)10-5-7-11(8-6-10)14(2,3)4/h9-11H,5-8H2,1-4H3,(H,15,16)(H,17,18)/t9-,10?,11?/m0/s1. The summed E-state index contributed by atoms with van der Waals surface area (Å²) in [5.74, 6) is -0.423. The minimum absolute atomic E-state index is 0.00889. The van der Waals surface area contributed by atoms with E-state index in [9.17, 15) is 9.59 Å². The number of rotatable bonds is 3. The van der Waals surface area contributed by atoms with Gasteiger partial charge in [0, 0.05) is 5.92 Å². The van der Waals surface area contributed by atoms with Gasteiger partial charge >= 0.3 is 5.97 Å². The third kappa shape index (κ3) is 4.00. The molecule has 0 aliphatic heterocycles. The van der Waals surface area contributed by atoms with Gasteiger partial charge in [0.2, 0.25) is 5.91 Å². The Bertz CT molecular complexity index is 311. The lowest BCUT2D eigenvalue weighted by Crippen LogP contribution is -2.43. The first kappa shape index (κ1) is 15.0. The lowest BCUT2D eigenvalue weighted by molar-refractivity contribution is -0.142. The zero-order valence-electron chi connectivity index (χ0n) is 11.8. The fourth-order valence-electron chi connectivity index (χ4n) is 2.61. The molecule has 1 atom stereocenters.